The zero-order valence-corrected chi connectivity index (χ0v) is 21.9. The Hall–Kier alpha value is -3.49. The third-order valence-electron chi connectivity index (χ3n) is 5.89. The molecule has 0 atom stereocenters. The smallest absolute Gasteiger partial charge is 0.293 e. The summed E-state index contributed by atoms with van der Waals surface area (Å²) in [4.78, 5) is 27.4. The van der Waals surface area contributed by atoms with Gasteiger partial charge in [-0.2, -0.15) is 0 Å². The second kappa shape index (κ2) is 10.6. The molecule has 0 unspecified atom stereocenters. The minimum absolute atomic E-state index is 0.250. The molecule has 0 spiro atoms. The first-order chi connectivity index (χ1) is 17.5. The van der Waals surface area contributed by atoms with Crippen LogP contribution in [0.25, 0.3) is 17.0 Å². The lowest BCUT2D eigenvalue weighted by Crippen LogP contribution is -2.27. The molecule has 1 fully saturated rings. The second-order valence-electron chi connectivity index (χ2n) is 8.21. The molecule has 0 saturated carbocycles. The predicted octanol–water partition coefficient (Wildman–Crippen LogP) is 6.73. The van der Waals surface area contributed by atoms with Crippen molar-refractivity contribution in [2.45, 2.75) is 13.1 Å². The van der Waals surface area contributed by atoms with E-state index < -0.39 is 0 Å². The number of carbonyl (C=O) groups is 2. The maximum absolute atomic E-state index is 13.1. The highest BCUT2D eigenvalue weighted by Crippen LogP contribution is 2.35. The van der Waals surface area contributed by atoms with Crippen LogP contribution in [0.3, 0.4) is 0 Å². The first-order valence-corrected chi connectivity index (χ1v) is 13.0. The van der Waals surface area contributed by atoms with Crippen molar-refractivity contribution in [2.75, 3.05) is 13.7 Å². The van der Waals surface area contributed by atoms with E-state index in [0.29, 0.717) is 18.1 Å². The minimum Gasteiger partial charge on any atom is -0.497 e. The van der Waals surface area contributed by atoms with Gasteiger partial charge in [-0.25, -0.2) is 0 Å². The van der Waals surface area contributed by atoms with Crippen molar-refractivity contribution in [3.05, 3.63) is 99.5 Å². The first kappa shape index (κ1) is 24.2. The molecule has 5 rings (SSSR count). The number of imide groups is 1. The topological polar surface area (TPSA) is 60.8 Å². The average molecular weight is 563 g/mol. The molecule has 182 valence electrons. The van der Waals surface area contributed by atoms with Gasteiger partial charge in [0.1, 0.15) is 18.1 Å². The number of para-hydroxylation sites is 1. The Labute approximate surface area is 221 Å². The quantitative estimate of drug-likeness (QED) is 0.223. The molecule has 0 radical (unpaired) electrons. The fourth-order valence-corrected chi connectivity index (χ4v) is 5.15. The Morgan fingerprint density at radius 2 is 1.67 bits per heavy atom. The first-order valence-electron chi connectivity index (χ1n) is 11.4. The lowest BCUT2D eigenvalue weighted by Gasteiger charge is -2.12. The summed E-state index contributed by atoms with van der Waals surface area (Å²) in [5, 5.41) is 0.757. The number of nitrogens with zero attached hydrogens (tertiary/aromatic N) is 2. The molecule has 1 aliphatic rings. The molecule has 4 aromatic rings. The van der Waals surface area contributed by atoms with Crippen LogP contribution in [-0.4, -0.2) is 34.3 Å². The zero-order chi connectivity index (χ0) is 25.1. The number of amides is 2. The van der Waals surface area contributed by atoms with Crippen LogP contribution < -0.4 is 9.47 Å². The summed E-state index contributed by atoms with van der Waals surface area (Å²) in [5.74, 6) is 1.28. The molecular formula is C28H23BrN2O4S. The Morgan fingerprint density at radius 3 is 2.42 bits per heavy atom. The van der Waals surface area contributed by atoms with Crippen LogP contribution in [0.4, 0.5) is 4.79 Å². The third kappa shape index (κ3) is 5.20. The number of fused-ring (bicyclic) bond motifs is 1. The number of methoxy groups -OCH3 is 1. The van der Waals surface area contributed by atoms with Gasteiger partial charge in [0.05, 0.1) is 25.1 Å². The fraction of sp³-hybridized carbons (Fsp3) is 0.143. The van der Waals surface area contributed by atoms with E-state index in [2.05, 4.69) is 20.5 Å². The number of carbonyl (C=O) groups excluding carboxylic acids is 2. The molecular weight excluding hydrogens is 540 g/mol. The summed E-state index contributed by atoms with van der Waals surface area (Å²) in [5.41, 5.74) is 2.83. The van der Waals surface area contributed by atoms with Crippen LogP contribution in [-0.2, 0) is 17.9 Å². The standard InChI is InChI=1S/C28H23BrN2O4S/c1-34-22-10-12-23(13-11-22)35-15-14-30-18-20(24-4-2-3-5-25(24)30)16-26-27(32)31(28(33)36-26)17-19-6-8-21(29)9-7-19/h2-13,16,18H,14-15,17H2,1H3/b26-16-. The highest BCUT2D eigenvalue weighted by atomic mass is 79.9. The van der Waals surface area contributed by atoms with Crippen LogP contribution in [0.5, 0.6) is 11.5 Å². The van der Waals surface area contributed by atoms with Gasteiger partial charge in [-0.3, -0.25) is 14.5 Å². The van der Waals surface area contributed by atoms with Crippen molar-refractivity contribution in [1.82, 2.24) is 9.47 Å². The number of ether oxygens (including phenoxy) is 2. The molecule has 36 heavy (non-hydrogen) atoms. The molecule has 6 nitrogen and oxygen atoms in total. The Morgan fingerprint density at radius 1 is 0.944 bits per heavy atom. The second-order valence-corrected chi connectivity index (χ2v) is 10.1. The van der Waals surface area contributed by atoms with Crippen molar-refractivity contribution < 1.29 is 19.1 Å². The largest absolute Gasteiger partial charge is 0.497 e. The summed E-state index contributed by atoms with van der Waals surface area (Å²) in [7, 11) is 1.63. The molecule has 1 saturated heterocycles. The SMILES string of the molecule is COc1ccc(OCCn2cc(/C=C3\SC(=O)N(Cc4ccc(Br)cc4)C3=O)c3ccccc32)cc1. The monoisotopic (exact) mass is 562 g/mol. The number of rotatable bonds is 8. The van der Waals surface area contributed by atoms with E-state index in [1.54, 1.807) is 7.11 Å². The fourth-order valence-electron chi connectivity index (χ4n) is 4.06. The van der Waals surface area contributed by atoms with E-state index >= 15 is 0 Å². The van der Waals surface area contributed by atoms with E-state index in [1.165, 1.54) is 4.90 Å². The van der Waals surface area contributed by atoms with E-state index in [0.717, 1.165) is 49.8 Å². The van der Waals surface area contributed by atoms with Crippen molar-refractivity contribution in [1.29, 1.82) is 0 Å². The van der Waals surface area contributed by atoms with Crippen molar-refractivity contribution in [3.8, 4) is 11.5 Å². The summed E-state index contributed by atoms with van der Waals surface area (Å²) < 4.78 is 14.2. The minimum atomic E-state index is -0.271. The molecule has 3 aromatic carbocycles. The molecule has 0 N–H and O–H groups in total. The lowest BCUT2D eigenvalue weighted by atomic mass is 10.1. The van der Waals surface area contributed by atoms with Gasteiger partial charge in [0.2, 0.25) is 0 Å². The number of halogens is 1. The number of thioether (sulfide) groups is 1. The number of aromatic nitrogens is 1. The summed E-state index contributed by atoms with van der Waals surface area (Å²) >= 11 is 4.39. The highest BCUT2D eigenvalue weighted by molar-refractivity contribution is 9.10. The van der Waals surface area contributed by atoms with E-state index in [-0.39, 0.29) is 17.7 Å². The van der Waals surface area contributed by atoms with Gasteiger partial charge < -0.3 is 14.0 Å². The predicted molar refractivity (Wildman–Crippen MR) is 146 cm³/mol. The Kier molecular flexibility index (Phi) is 7.16. The summed E-state index contributed by atoms with van der Waals surface area (Å²) in [6.45, 7) is 1.36. The van der Waals surface area contributed by atoms with Gasteiger partial charge in [0.15, 0.2) is 0 Å². The normalized spacial score (nSPS) is 14.7. The molecule has 1 aliphatic heterocycles. The molecule has 8 heteroatoms. The van der Waals surface area contributed by atoms with Gasteiger partial charge in [-0.1, -0.05) is 46.3 Å². The molecule has 2 heterocycles. The molecule has 0 aliphatic carbocycles. The van der Waals surface area contributed by atoms with Gasteiger partial charge in [0.25, 0.3) is 11.1 Å². The van der Waals surface area contributed by atoms with Crippen LogP contribution in [0.2, 0.25) is 0 Å². The van der Waals surface area contributed by atoms with Gasteiger partial charge in [-0.05, 0) is 65.9 Å². The van der Waals surface area contributed by atoms with Crippen molar-refractivity contribution >= 4 is 55.8 Å². The molecule has 0 bridgehead atoms. The van der Waals surface area contributed by atoms with Crippen molar-refractivity contribution in [2.24, 2.45) is 0 Å². The van der Waals surface area contributed by atoms with E-state index in [4.69, 9.17) is 9.47 Å². The lowest BCUT2D eigenvalue weighted by molar-refractivity contribution is -0.123. The van der Waals surface area contributed by atoms with E-state index in [1.807, 2.05) is 85.1 Å². The van der Waals surface area contributed by atoms with Crippen LogP contribution in [0, 0.1) is 0 Å². The number of hydrogen-bond donors (Lipinski definition) is 0. The maximum Gasteiger partial charge on any atom is 0.293 e. The highest BCUT2D eigenvalue weighted by Gasteiger charge is 2.35. The Bertz CT molecular complexity index is 1440. The van der Waals surface area contributed by atoms with Crippen LogP contribution in [0.15, 0.2) is 88.4 Å². The summed E-state index contributed by atoms with van der Waals surface area (Å²) in [6, 6.07) is 23.1. The van der Waals surface area contributed by atoms with Crippen LogP contribution in [0.1, 0.15) is 11.1 Å². The summed E-state index contributed by atoms with van der Waals surface area (Å²) in [6.07, 6.45) is 3.82. The van der Waals surface area contributed by atoms with Crippen molar-refractivity contribution in [3.63, 3.8) is 0 Å². The van der Waals surface area contributed by atoms with Gasteiger partial charge >= 0.3 is 0 Å². The van der Waals surface area contributed by atoms with Gasteiger partial charge in [0, 0.05) is 27.1 Å². The van der Waals surface area contributed by atoms with E-state index in [9.17, 15) is 9.59 Å². The zero-order valence-electron chi connectivity index (χ0n) is 19.5. The average Bonchev–Trinajstić information content (AvgIpc) is 3.37. The Balaban J connectivity index is 1.33. The molecule has 2 amide bonds. The van der Waals surface area contributed by atoms with Crippen LogP contribution >= 0.6 is 27.7 Å². The number of hydrogen-bond acceptors (Lipinski definition) is 5. The third-order valence-corrected chi connectivity index (χ3v) is 7.33. The number of benzene rings is 3. The van der Waals surface area contributed by atoms with Gasteiger partial charge in [-0.15, -0.1) is 0 Å². The maximum atomic E-state index is 13.1. The molecule has 1 aromatic heterocycles.